The van der Waals surface area contributed by atoms with E-state index in [4.69, 9.17) is 11.6 Å². The van der Waals surface area contributed by atoms with Crippen molar-refractivity contribution >= 4 is 17.7 Å². The fourth-order valence-electron chi connectivity index (χ4n) is 0.766. The molecule has 0 radical (unpaired) electrons. The molecule has 0 atom stereocenters. The molecule has 0 heterocycles. The van der Waals surface area contributed by atoms with Crippen LogP contribution in [0.2, 0.25) is 5.02 Å². The molecular weight excluding hydrogens is 197 g/mol. The van der Waals surface area contributed by atoms with Gasteiger partial charge in [-0.05, 0) is 16.0 Å². The topological polar surface area (TPSA) is 43.1 Å². The second-order valence-electron chi connectivity index (χ2n) is 2.17. The Kier molecular flexibility index (Phi) is 2.97. The predicted molar refractivity (Wildman–Crippen MR) is 46.1 cm³/mol. The van der Waals surface area contributed by atoms with Gasteiger partial charge in [0.05, 0.1) is 5.82 Å². The second-order valence-corrected chi connectivity index (χ2v) is 2.57. The number of nitro groups is 1. The van der Waals surface area contributed by atoms with E-state index in [1.807, 2.05) is 0 Å². The molecule has 0 aliphatic carbocycles. The van der Waals surface area contributed by atoms with Crippen LogP contribution in [0.25, 0.3) is 6.08 Å². The van der Waals surface area contributed by atoms with E-state index in [-0.39, 0.29) is 10.6 Å². The maximum atomic E-state index is 12.9. The van der Waals surface area contributed by atoms with Crippen molar-refractivity contribution in [2.75, 3.05) is 0 Å². The molecule has 0 bridgehead atoms. The van der Waals surface area contributed by atoms with Crippen molar-refractivity contribution in [3.05, 3.63) is 50.9 Å². The minimum Gasteiger partial charge on any atom is -0.278 e. The van der Waals surface area contributed by atoms with Gasteiger partial charge in [0.2, 0.25) is 0 Å². The molecule has 0 fully saturated rings. The van der Waals surface area contributed by atoms with Crippen molar-refractivity contribution in [2.24, 2.45) is 0 Å². The van der Waals surface area contributed by atoms with Crippen LogP contribution in [0, 0.1) is 22.1 Å². The first kappa shape index (κ1) is 9.67. The summed E-state index contributed by atoms with van der Waals surface area (Å²) in [4.78, 5) is 9.09. The minimum absolute atomic E-state index is 0.0270. The summed E-state index contributed by atoms with van der Waals surface area (Å²) in [5.74, 6) is -0.609. The number of hydrogen-bond acceptors (Lipinski definition) is 2. The zero-order chi connectivity index (χ0) is 9.84. The molecule has 0 saturated heterocycles. The van der Waals surface area contributed by atoms with Crippen molar-refractivity contribution in [2.45, 2.75) is 0 Å². The first-order chi connectivity index (χ1) is 6.11. The summed E-state index contributed by atoms with van der Waals surface area (Å²) in [6.45, 7) is 0. The molecule has 1 rings (SSSR count). The Morgan fingerprint density at radius 3 is 2.85 bits per heavy atom. The van der Waals surface area contributed by atoms with E-state index in [1.165, 1.54) is 18.2 Å². The largest absolute Gasteiger partial charge is 0.278 e. The average Bonchev–Trinajstić information content (AvgIpc) is 2.03. The Hall–Kier alpha value is -1.42. The maximum absolute atomic E-state index is 12.9. The second kappa shape index (κ2) is 4.00. The predicted octanol–water partition coefficient (Wildman–Crippen LogP) is 2.53. The van der Waals surface area contributed by atoms with Gasteiger partial charge in [-0.2, -0.15) is 6.08 Å². The van der Waals surface area contributed by atoms with Gasteiger partial charge in [0, 0.05) is 0 Å². The molecule has 13 heavy (non-hydrogen) atoms. The van der Waals surface area contributed by atoms with Crippen LogP contribution in [0.1, 0.15) is 5.56 Å². The van der Waals surface area contributed by atoms with E-state index < -0.39 is 10.7 Å². The third-order valence-corrected chi connectivity index (χ3v) is 1.64. The van der Waals surface area contributed by atoms with Gasteiger partial charge in [-0.1, -0.05) is 12.1 Å². The zero-order valence-electron chi connectivity index (χ0n) is 6.33. The third-order valence-electron chi connectivity index (χ3n) is 1.31. The molecule has 0 aliphatic rings. The monoisotopic (exact) mass is 200 g/mol. The summed E-state index contributed by atoms with van der Waals surface area (Å²) in [6, 6.07) is 4.03. The van der Waals surface area contributed by atoms with Crippen molar-refractivity contribution in [3.8, 4) is 0 Å². The fourth-order valence-corrected chi connectivity index (χ4v) is 0.983. The molecule has 0 unspecified atom stereocenters. The maximum Gasteiger partial charge on any atom is 0.121 e. The SMILES string of the molecule is O=[N+]([O-])[C-]=Cc1c(F)cccc1Cl. The summed E-state index contributed by atoms with van der Waals surface area (Å²) < 4.78 is 12.9. The Bertz CT molecular complexity index is 345. The molecule has 1 aromatic carbocycles. The lowest BCUT2D eigenvalue weighted by Crippen LogP contribution is -1.87. The van der Waals surface area contributed by atoms with Crippen LogP contribution in [0.5, 0.6) is 0 Å². The van der Waals surface area contributed by atoms with E-state index in [0.29, 0.717) is 0 Å². The molecule has 0 amide bonds. The summed E-state index contributed by atoms with van der Waals surface area (Å²) in [7, 11) is 0. The molecule has 0 N–H and O–H groups in total. The van der Waals surface area contributed by atoms with Crippen LogP contribution >= 0.6 is 11.6 Å². The highest BCUT2D eigenvalue weighted by Gasteiger charge is 1.94. The molecule has 1 aromatic rings. The smallest absolute Gasteiger partial charge is 0.121 e. The Labute approximate surface area is 78.6 Å². The lowest BCUT2D eigenvalue weighted by Gasteiger charge is -2.05. The quantitative estimate of drug-likeness (QED) is 0.319. The molecule has 0 aliphatic heterocycles. The fraction of sp³-hybridized carbons (Fsp3) is 0. The lowest BCUT2D eigenvalue weighted by molar-refractivity contribution is -0.417. The van der Waals surface area contributed by atoms with Crippen LogP contribution < -0.4 is 0 Å². The van der Waals surface area contributed by atoms with Gasteiger partial charge in [0.15, 0.2) is 0 Å². The highest BCUT2D eigenvalue weighted by atomic mass is 35.5. The van der Waals surface area contributed by atoms with E-state index in [9.17, 15) is 14.5 Å². The van der Waals surface area contributed by atoms with E-state index >= 15 is 0 Å². The minimum atomic E-state index is -0.803. The van der Waals surface area contributed by atoms with Crippen LogP contribution in [0.4, 0.5) is 4.39 Å². The van der Waals surface area contributed by atoms with Crippen LogP contribution in [0.15, 0.2) is 18.2 Å². The molecular formula is C8H4ClFNO2-. The number of halogens is 2. The van der Waals surface area contributed by atoms with Crippen molar-refractivity contribution in [1.29, 1.82) is 0 Å². The standard InChI is InChI=1S/C8H4ClFNO2/c9-7-2-1-3-8(10)6(7)4-5-11(12)13/h1-4H/q-1. The first-order valence-corrected chi connectivity index (χ1v) is 3.67. The highest BCUT2D eigenvalue weighted by molar-refractivity contribution is 6.32. The van der Waals surface area contributed by atoms with Crippen LogP contribution in [-0.2, 0) is 0 Å². The van der Waals surface area contributed by atoms with Gasteiger partial charge in [-0.25, -0.2) is 4.39 Å². The first-order valence-electron chi connectivity index (χ1n) is 3.29. The summed E-state index contributed by atoms with van der Waals surface area (Å²) in [6.07, 6.45) is 2.62. The van der Waals surface area contributed by atoms with E-state index in [0.717, 1.165) is 6.08 Å². The summed E-state index contributed by atoms with van der Waals surface area (Å²) >= 11 is 5.58. The van der Waals surface area contributed by atoms with Crippen molar-refractivity contribution < 1.29 is 9.31 Å². The number of benzene rings is 1. The van der Waals surface area contributed by atoms with Crippen molar-refractivity contribution in [3.63, 3.8) is 0 Å². The van der Waals surface area contributed by atoms with Gasteiger partial charge in [0.1, 0.15) is 6.20 Å². The number of rotatable bonds is 2. The third kappa shape index (κ3) is 2.52. The molecule has 5 heteroatoms. The number of hydrogen-bond donors (Lipinski definition) is 0. The molecule has 0 spiro atoms. The molecule has 68 valence electrons. The van der Waals surface area contributed by atoms with Gasteiger partial charge in [-0.3, -0.25) is 10.1 Å². The van der Waals surface area contributed by atoms with Gasteiger partial charge in [-0.15, -0.1) is 17.2 Å². The normalized spacial score (nSPS) is 10.6. The zero-order valence-corrected chi connectivity index (χ0v) is 7.08. The van der Waals surface area contributed by atoms with Crippen LogP contribution in [-0.4, -0.2) is 4.92 Å². The van der Waals surface area contributed by atoms with Crippen molar-refractivity contribution in [1.82, 2.24) is 0 Å². The van der Waals surface area contributed by atoms with E-state index in [2.05, 4.69) is 0 Å². The Balaban J connectivity index is 3.06. The van der Waals surface area contributed by atoms with Gasteiger partial charge in [0.25, 0.3) is 0 Å². The average molecular weight is 201 g/mol. The lowest BCUT2D eigenvalue weighted by atomic mass is 10.2. The molecule has 0 aromatic heterocycles. The summed E-state index contributed by atoms with van der Waals surface area (Å²) in [5.41, 5.74) is -0.0270. The highest BCUT2D eigenvalue weighted by Crippen LogP contribution is 2.19. The van der Waals surface area contributed by atoms with E-state index in [1.54, 1.807) is 6.20 Å². The van der Waals surface area contributed by atoms with Crippen LogP contribution in [0.3, 0.4) is 0 Å². The Morgan fingerprint density at radius 2 is 2.31 bits per heavy atom. The van der Waals surface area contributed by atoms with Gasteiger partial charge >= 0.3 is 0 Å². The Morgan fingerprint density at radius 1 is 1.62 bits per heavy atom. The van der Waals surface area contributed by atoms with Gasteiger partial charge < -0.3 is 0 Å². The number of nitrogens with zero attached hydrogens (tertiary/aromatic N) is 1. The summed E-state index contributed by atoms with van der Waals surface area (Å²) in [5, 5.41) is 10.0. The molecule has 0 saturated carbocycles. The molecule has 3 nitrogen and oxygen atoms in total.